The van der Waals surface area contributed by atoms with Crippen LogP contribution in [0.4, 0.5) is 13.2 Å². The second-order valence-corrected chi connectivity index (χ2v) is 8.34. The largest absolute Gasteiger partial charge is 0.435 e. The predicted octanol–water partition coefficient (Wildman–Crippen LogP) is 3.49. The molecule has 0 N–H and O–H groups in total. The summed E-state index contributed by atoms with van der Waals surface area (Å²) < 4.78 is 44.0. The molecule has 3 aromatic heterocycles. The molecule has 0 bridgehead atoms. The molecule has 4 heterocycles. The molecule has 0 saturated carbocycles. The van der Waals surface area contributed by atoms with E-state index in [0.29, 0.717) is 35.6 Å². The van der Waals surface area contributed by atoms with E-state index in [9.17, 15) is 18.0 Å². The molecular formula is C22H22F3N7O. The lowest BCUT2D eigenvalue weighted by Gasteiger charge is -2.33. The predicted molar refractivity (Wildman–Crippen MR) is 114 cm³/mol. The van der Waals surface area contributed by atoms with Crippen molar-refractivity contribution >= 4 is 16.8 Å². The van der Waals surface area contributed by atoms with Gasteiger partial charge in [-0.3, -0.25) is 18.8 Å². The lowest BCUT2D eigenvalue weighted by molar-refractivity contribution is -0.141. The Kier molecular flexibility index (Phi) is 4.62. The van der Waals surface area contributed by atoms with E-state index in [1.807, 2.05) is 32.3 Å². The molecule has 1 atom stereocenters. The summed E-state index contributed by atoms with van der Waals surface area (Å²) in [6.07, 6.45) is -2.23. The number of amides is 1. The van der Waals surface area contributed by atoms with Crippen molar-refractivity contribution < 1.29 is 18.0 Å². The first kappa shape index (κ1) is 21.2. The van der Waals surface area contributed by atoms with Crippen LogP contribution in [-0.4, -0.2) is 46.7 Å². The van der Waals surface area contributed by atoms with Crippen molar-refractivity contribution in [2.75, 3.05) is 6.54 Å². The van der Waals surface area contributed by atoms with E-state index in [1.165, 1.54) is 11.7 Å². The van der Waals surface area contributed by atoms with Gasteiger partial charge in [-0.05, 0) is 31.5 Å². The second-order valence-electron chi connectivity index (χ2n) is 8.34. The average Bonchev–Trinajstić information content (AvgIpc) is 3.41. The fourth-order valence-corrected chi connectivity index (χ4v) is 4.67. The summed E-state index contributed by atoms with van der Waals surface area (Å²) in [4.78, 5) is 15.2. The van der Waals surface area contributed by atoms with Crippen LogP contribution < -0.4 is 0 Å². The molecule has 33 heavy (non-hydrogen) atoms. The monoisotopic (exact) mass is 457 g/mol. The van der Waals surface area contributed by atoms with Gasteiger partial charge in [0.05, 0.1) is 34.2 Å². The van der Waals surface area contributed by atoms with Gasteiger partial charge in [0.1, 0.15) is 0 Å². The van der Waals surface area contributed by atoms with Gasteiger partial charge < -0.3 is 4.90 Å². The van der Waals surface area contributed by atoms with Gasteiger partial charge in [0.2, 0.25) is 0 Å². The molecule has 172 valence electrons. The Morgan fingerprint density at radius 1 is 1.09 bits per heavy atom. The van der Waals surface area contributed by atoms with E-state index in [2.05, 4.69) is 15.3 Å². The Morgan fingerprint density at radius 2 is 1.85 bits per heavy atom. The van der Waals surface area contributed by atoms with Gasteiger partial charge in [-0.15, -0.1) is 0 Å². The van der Waals surface area contributed by atoms with Crippen molar-refractivity contribution in [2.45, 2.75) is 25.6 Å². The van der Waals surface area contributed by atoms with Gasteiger partial charge in [0, 0.05) is 44.8 Å². The van der Waals surface area contributed by atoms with Crippen molar-refractivity contribution in [1.82, 2.24) is 34.2 Å². The summed E-state index contributed by atoms with van der Waals surface area (Å²) in [6.45, 7) is 2.31. The first-order chi connectivity index (χ1) is 15.6. The Bertz CT molecular complexity index is 1400. The third kappa shape index (κ3) is 3.30. The molecule has 0 aliphatic carbocycles. The van der Waals surface area contributed by atoms with Gasteiger partial charge >= 0.3 is 6.18 Å². The summed E-state index contributed by atoms with van der Waals surface area (Å²) in [5, 5.41) is 13.4. The molecule has 8 nitrogen and oxygen atoms in total. The first-order valence-electron chi connectivity index (χ1n) is 10.5. The molecule has 1 amide bonds. The Labute approximate surface area is 187 Å². The number of hydrogen-bond donors (Lipinski definition) is 0. The minimum atomic E-state index is -4.53. The van der Waals surface area contributed by atoms with Crippen LogP contribution in [0, 0.1) is 0 Å². The van der Waals surface area contributed by atoms with E-state index in [1.54, 1.807) is 27.4 Å². The van der Waals surface area contributed by atoms with Crippen LogP contribution in [0.15, 0.2) is 30.5 Å². The lowest BCUT2D eigenvalue weighted by Crippen LogP contribution is -2.39. The molecule has 1 aromatic carbocycles. The lowest BCUT2D eigenvalue weighted by atomic mass is 9.96. The van der Waals surface area contributed by atoms with Crippen molar-refractivity contribution in [3.63, 3.8) is 0 Å². The smallest absolute Gasteiger partial charge is 0.330 e. The Balaban J connectivity index is 1.53. The number of aromatic nitrogens is 6. The van der Waals surface area contributed by atoms with E-state index in [0.717, 1.165) is 22.5 Å². The highest BCUT2D eigenvalue weighted by Crippen LogP contribution is 2.38. The number of aryl methyl sites for hydroxylation is 3. The van der Waals surface area contributed by atoms with E-state index in [4.69, 9.17) is 0 Å². The fourth-order valence-electron chi connectivity index (χ4n) is 4.67. The highest BCUT2D eigenvalue weighted by Gasteiger charge is 2.37. The quantitative estimate of drug-likeness (QED) is 0.462. The third-order valence-corrected chi connectivity index (χ3v) is 6.21. The molecular weight excluding hydrogens is 435 g/mol. The van der Waals surface area contributed by atoms with Gasteiger partial charge in [-0.2, -0.15) is 28.5 Å². The Hall–Kier alpha value is -3.63. The van der Waals surface area contributed by atoms with Crippen LogP contribution >= 0.6 is 0 Å². The highest BCUT2D eigenvalue weighted by molar-refractivity contribution is 6.06. The van der Waals surface area contributed by atoms with E-state index in [-0.39, 0.29) is 11.9 Å². The molecule has 0 saturated heterocycles. The normalized spacial score (nSPS) is 16.5. The van der Waals surface area contributed by atoms with Crippen molar-refractivity contribution in [3.05, 3.63) is 53.0 Å². The topological polar surface area (TPSA) is 73.8 Å². The molecule has 11 heteroatoms. The van der Waals surface area contributed by atoms with Gasteiger partial charge in [-0.25, -0.2) is 0 Å². The number of benzene rings is 1. The Morgan fingerprint density at radius 3 is 2.55 bits per heavy atom. The van der Waals surface area contributed by atoms with Crippen LogP contribution in [0.25, 0.3) is 22.3 Å². The van der Waals surface area contributed by atoms with Crippen molar-refractivity contribution in [2.24, 2.45) is 21.1 Å². The number of fused-ring (bicyclic) bond motifs is 2. The molecule has 0 fully saturated rings. The third-order valence-electron chi connectivity index (χ3n) is 6.21. The summed E-state index contributed by atoms with van der Waals surface area (Å²) in [6, 6.07) is 6.15. The first-order valence-corrected chi connectivity index (χ1v) is 10.5. The van der Waals surface area contributed by atoms with E-state index < -0.39 is 11.9 Å². The van der Waals surface area contributed by atoms with Gasteiger partial charge in [0.25, 0.3) is 5.91 Å². The second kappa shape index (κ2) is 7.19. The number of rotatable bonds is 2. The fraction of sp³-hybridized carbons (Fsp3) is 0.364. The van der Waals surface area contributed by atoms with Crippen molar-refractivity contribution in [1.29, 1.82) is 0 Å². The number of carbonyl (C=O) groups is 1. The maximum atomic E-state index is 13.5. The van der Waals surface area contributed by atoms with Gasteiger partial charge in [0.15, 0.2) is 5.69 Å². The molecule has 1 unspecified atom stereocenters. The summed E-state index contributed by atoms with van der Waals surface area (Å²) in [7, 11) is 4.99. The summed E-state index contributed by atoms with van der Waals surface area (Å²) in [5.41, 5.74) is 2.80. The van der Waals surface area contributed by atoms with Crippen LogP contribution in [0.2, 0.25) is 0 Å². The van der Waals surface area contributed by atoms with Crippen molar-refractivity contribution in [3.8, 4) is 11.4 Å². The molecule has 0 radical (unpaired) electrons. The highest BCUT2D eigenvalue weighted by atomic mass is 19.4. The maximum Gasteiger partial charge on any atom is 0.435 e. The summed E-state index contributed by atoms with van der Waals surface area (Å²) in [5.74, 6) is -0.126. The minimum Gasteiger partial charge on any atom is -0.330 e. The average molecular weight is 457 g/mol. The van der Waals surface area contributed by atoms with Crippen LogP contribution in [-0.2, 0) is 33.7 Å². The molecule has 0 spiro atoms. The number of alkyl halides is 3. The standard InChI is InChI=1S/C22H22F3N7O/c1-12-19-14(20(31(4)28-19)17-10-18(22(23,24)25)27-30(17)3)8-9-32(12)21(33)13-6-5-7-16-15(13)11-29(2)26-16/h5-7,10-12H,8-9H2,1-4H3. The zero-order valence-electron chi connectivity index (χ0n) is 18.6. The zero-order valence-corrected chi connectivity index (χ0v) is 18.6. The number of carbonyl (C=O) groups excluding carboxylic acids is 1. The van der Waals surface area contributed by atoms with Gasteiger partial charge in [-0.1, -0.05) is 6.07 Å². The SMILES string of the molecule is CC1c2nn(C)c(-c3cc(C(F)(F)F)nn3C)c2CCN1C(=O)c1cccc2nn(C)cc12. The van der Waals surface area contributed by atoms with Crippen LogP contribution in [0.5, 0.6) is 0 Å². The molecule has 4 aromatic rings. The molecule has 1 aliphatic heterocycles. The van der Waals surface area contributed by atoms with E-state index >= 15 is 0 Å². The van der Waals surface area contributed by atoms with Crippen LogP contribution in [0.3, 0.4) is 0 Å². The minimum absolute atomic E-state index is 0.126. The number of hydrogen-bond acceptors (Lipinski definition) is 4. The number of halogens is 3. The molecule has 1 aliphatic rings. The molecule has 5 rings (SSSR count). The zero-order chi connectivity index (χ0) is 23.7. The van der Waals surface area contributed by atoms with Crippen LogP contribution in [0.1, 0.15) is 40.3 Å². The number of nitrogens with zero attached hydrogens (tertiary/aromatic N) is 7. The summed E-state index contributed by atoms with van der Waals surface area (Å²) >= 11 is 0. The maximum absolute atomic E-state index is 13.5.